The molecule has 0 aromatic heterocycles. The lowest BCUT2D eigenvalue weighted by Gasteiger charge is -2.16. The van der Waals surface area contributed by atoms with Gasteiger partial charge >= 0.3 is 6.18 Å². The van der Waals surface area contributed by atoms with Crippen LogP contribution in [0.25, 0.3) is 0 Å². The molecular weight excluding hydrogens is 320 g/mol. The van der Waals surface area contributed by atoms with Crippen LogP contribution in [0.1, 0.15) is 11.7 Å². The standard InChI is InChI=1S/C10H10F3IO/c11-10(12,13)7-15-9(6-14)8-4-2-1-3-5-8/h1-5,9H,6-7H2/t9-/m1/s1. The Kier molecular flexibility index (Phi) is 4.85. The highest BCUT2D eigenvalue weighted by Gasteiger charge is 2.29. The molecule has 0 spiro atoms. The van der Waals surface area contributed by atoms with Crippen molar-refractivity contribution in [2.75, 3.05) is 11.0 Å². The zero-order valence-electron chi connectivity index (χ0n) is 7.80. The lowest BCUT2D eigenvalue weighted by Crippen LogP contribution is -2.20. The smallest absolute Gasteiger partial charge is 0.363 e. The van der Waals surface area contributed by atoms with Crippen molar-refractivity contribution in [2.24, 2.45) is 0 Å². The summed E-state index contributed by atoms with van der Waals surface area (Å²) in [5.74, 6) is 0. The molecule has 84 valence electrons. The van der Waals surface area contributed by atoms with Gasteiger partial charge in [0, 0.05) is 4.43 Å². The molecule has 0 amide bonds. The Balaban J connectivity index is 2.58. The maximum atomic E-state index is 11.9. The monoisotopic (exact) mass is 330 g/mol. The van der Waals surface area contributed by atoms with Crippen molar-refractivity contribution in [3.8, 4) is 0 Å². The number of alkyl halides is 4. The summed E-state index contributed by atoms with van der Waals surface area (Å²) in [6.45, 7) is -1.20. The van der Waals surface area contributed by atoms with Crippen LogP contribution in [-0.4, -0.2) is 17.2 Å². The van der Waals surface area contributed by atoms with Crippen LogP contribution in [0.2, 0.25) is 0 Å². The molecule has 1 rings (SSSR count). The quantitative estimate of drug-likeness (QED) is 0.604. The van der Waals surface area contributed by atoms with Gasteiger partial charge in [-0.2, -0.15) is 13.2 Å². The van der Waals surface area contributed by atoms with Gasteiger partial charge in [-0.05, 0) is 5.56 Å². The van der Waals surface area contributed by atoms with Crippen LogP contribution >= 0.6 is 22.6 Å². The molecule has 0 aliphatic heterocycles. The maximum absolute atomic E-state index is 11.9. The van der Waals surface area contributed by atoms with Crippen LogP contribution in [0.5, 0.6) is 0 Å². The molecule has 5 heteroatoms. The average Bonchev–Trinajstić information content (AvgIpc) is 2.19. The summed E-state index contributed by atoms with van der Waals surface area (Å²) in [6, 6.07) is 8.91. The van der Waals surface area contributed by atoms with Crippen molar-refractivity contribution in [3.63, 3.8) is 0 Å². The first-order valence-corrected chi connectivity index (χ1v) is 5.85. The minimum Gasteiger partial charge on any atom is -0.363 e. The Hall–Kier alpha value is -0.300. The molecule has 0 N–H and O–H groups in total. The summed E-state index contributed by atoms with van der Waals surface area (Å²) >= 11 is 2.01. The van der Waals surface area contributed by atoms with Gasteiger partial charge in [0.2, 0.25) is 0 Å². The number of hydrogen-bond acceptors (Lipinski definition) is 1. The average molecular weight is 330 g/mol. The Morgan fingerprint density at radius 3 is 2.27 bits per heavy atom. The van der Waals surface area contributed by atoms with Crippen molar-refractivity contribution < 1.29 is 17.9 Å². The Labute approximate surface area is 99.8 Å². The van der Waals surface area contributed by atoms with E-state index in [2.05, 4.69) is 0 Å². The fourth-order valence-electron chi connectivity index (χ4n) is 1.09. The molecule has 0 unspecified atom stereocenters. The SMILES string of the molecule is FC(F)(F)CO[C@H](CI)c1ccccc1. The molecule has 0 saturated carbocycles. The normalized spacial score (nSPS) is 13.9. The highest BCUT2D eigenvalue weighted by molar-refractivity contribution is 14.1. The van der Waals surface area contributed by atoms with Crippen molar-refractivity contribution >= 4 is 22.6 Å². The highest BCUT2D eigenvalue weighted by atomic mass is 127. The van der Waals surface area contributed by atoms with Gasteiger partial charge < -0.3 is 4.74 Å². The van der Waals surface area contributed by atoms with E-state index in [0.717, 1.165) is 5.56 Å². The van der Waals surface area contributed by atoms with Crippen molar-refractivity contribution in [2.45, 2.75) is 12.3 Å². The second kappa shape index (κ2) is 5.69. The molecule has 0 aliphatic carbocycles. The summed E-state index contributed by atoms with van der Waals surface area (Å²) in [7, 11) is 0. The van der Waals surface area contributed by atoms with Crippen LogP contribution < -0.4 is 0 Å². The number of rotatable bonds is 4. The van der Waals surface area contributed by atoms with Gasteiger partial charge in [-0.1, -0.05) is 52.9 Å². The van der Waals surface area contributed by atoms with E-state index >= 15 is 0 Å². The molecule has 1 aromatic carbocycles. The van der Waals surface area contributed by atoms with Gasteiger partial charge in [0.15, 0.2) is 0 Å². The molecule has 0 bridgehead atoms. The molecule has 0 radical (unpaired) electrons. The predicted molar refractivity (Wildman–Crippen MR) is 60.1 cm³/mol. The summed E-state index contributed by atoms with van der Waals surface area (Å²) in [4.78, 5) is 0. The first-order valence-electron chi connectivity index (χ1n) is 4.32. The van der Waals surface area contributed by atoms with Crippen molar-refractivity contribution in [1.82, 2.24) is 0 Å². The van der Waals surface area contributed by atoms with E-state index in [0.29, 0.717) is 4.43 Å². The molecule has 0 fully saturated rings. The Bertz CT molecular complexity index is 286. The number of halogens is 4. The van der Waals surface area contributed by atoms with E-state index in [-0.39, 0.29) is 0 Å². The Morgan fingerprint density at radius 1 is 1.20 bits per heavy atom. The zero-order chi connectivity index (χ0) is 11.3. The third kappa shape index (κ3) is 4.83. The Morgan fingerprint density at radius 2 is 1.80 bits per heavy atom. The molecule has 1 aromatic rings. The highest BCUT2D eigenvalue weighted by Crippen LogP contribution is 2.23. The fourth-order valence-corrected chi connectivity index (χ4v) is 1.86. The maximum Gasteiger partial charge on any atom is 0.411 e. The molecule has 1 atom stereocenters. The third-order valence-corrected chi connectivity index (χ3v) is 2.56. The predicted octanol–water partition coefficient (Wildman–Crippen LogP) is 3.74. The number of ether oxygens (including phenoxy) is 1. The molecule has 0 heterocycles. The van der Waals surface area contributed by atoms with Gasteiger partial charge in [0.1, 0.15) is 6.61 Å². The lowest BCUT2D eigenvalue weighted by atomic mass is 10.1. The van der Waals surface area contributed by atoms with E-state index in [1.165, 1.54) is 0 Å². The zero-order valence-corrected chi connectivity index (χ0v) is 9.96. The first-order chi connectivity index (χ1) is 7.03. The van der Waals surface area contributed by atoms with Crippen molar-refractivity contribution in [1.29, 1.82) is 0 Å². The van der Waals surface area contributed by atoms with Crippen LogP contribution in [0.3, 0.4) is 0 Å². The molecule has 0 saturated heterocycles. The van der Waals surface area contributed by atoms with E-state index in [4.69, 9.17) is 4.74 Å². The summed E-state index contributed by atoms with van der Waals surface area (Å²) in [5.41, 5.74) is 0.774. The van der Waals surface area contributed by atoms with Crippen LogP contribution in [0.4, 0.5) is 13.2 Å². The molecular formula is C10H10F3IO. The summed E-state index contributed by atoms with van der Waals surface area (Å²) in [5, 5.41) is 0. The summed E-state index contributed by atoms with van der Waals surface area (Å²) in [6.07, 6.45) is -4.76. The van der Waals surface area contributed by atoms with Crippen LogP contribution in [0.15, 0.2) is 30.3 Å². The van der Waals surface area contributed by atoms with Crippen LogP contribution in [-0.2, 0) is 4.74 Å². The molecule has 1 nitrogen and oxygen atoms in total. The van der Waals surface area contributed by atoms with E-state index in [1.54, 1.807) is 24.3 Å². The minimum atomic E-state index is -4.27. The first kappa shape index (κ1) is 12.8. The lowest BCUT2D eigenvalue weighted by molar-refractivity contribution is -0.183. The van der Waals surface area contributed by atoms with Crippen molar-refractivity contribution in [3.05, 3.63) is 35.9 Å². The van der Waals surface area contributed by atoms with Gasteiger partial charge in [-0.25, -0.2) is 0 Å². The van der Waals surface area contributed by atoms with Gasteiger partial charge in [0.05, 0.1) is 6.10 Å². The van der Waals surface area contributed by atoms with Gasteiger partial charge in [-0.3, -0.25) is 0 Å². The second-order valence-corrected chi connectivity index (χ2v) is 3.86. The topological polar surface area (TPSA) is 9.23 Å². The summed E-state index contributed by atoms with van der Waals surface area (Å²) < 4.78 is 41.1. The molecule has 15 heavy (non-hydrogen) atoms. The molecule has 0 aliphatic rings. The number of hydrogen-bond donors (Lipinski definition) is 0. The largest absolute Gasteiger partial charge is 0.411 e. The van der Waals surface area contributed by atoms with E-state index in [1.807, 2.05) is 28.7 Å². The van der Waals surface area contributed by atoms with Gasteiger partial charge in [0.25, 0.3) is 0 Å². The minimum absolute atomic E-state index is 0.492. The van der Waals surface area contributed by atoms with Crippen LogP contribution in [0, 0.1) is 0 Å². The van der Waals surface area contributed by atoms with E-state index < -0.39 is 18.9 Å². The number of benzene rings is 1. The second-order valence-electron chi connectivity index (χ2n) is 2.98. The van der Waals surface area contributed by atoms with Gasteiger partial charge in [-0.15, -0.1) is 0 Å². The fraction of sp³-hybridized carbons (Fsp3) is 0.400. The third-order valence-electron chi connectivity index (χ3n) is 1.76. The van der Waals surface area contributed by atoms with E-state index in [9.17, 15) is 13.2 Å².